The first-order valence-corrected chi connectivity index (χ1v) is 14.0. The molecule has 0 fully saturated rings. The van der Waals surface area contributed by atoms with Gasteiger partial charge in [0.25, 0.3) is 0 Å². The minimum atomic E-state index is -1.37. The minimum Gasteiger partial charge on any atom is -0.493 e. The first kappa shape index (κ1) is 35.6. The van der Waals surface area contributed by atoms with Crippen molar-refractivity contribution >= 4 is 23.9 Å². The van der Waals surface area contributed by atoms with Crippen molar-refractivity contribution in [3.8, 4) is 34.5 Å². The van der Waals surface area contributed by atoms with E-state index in [0.717, 1.165) is 0 Å². The second-order valence-corrected chi connectivity index (χ2v) is 10.1. The van der Waals surface area contributed by atoms with Crippen LogP contribution in [0, 0.1) is 11.8 Å². The van der Waals surface area contributed by atoms with Gasteiger partial charge in [0.15, 0.2) is 34.8 Å². The van der Waals surface area contributed by atoms with Crippen molar-refractivity contribution < 1.29 is 66.5 Å². The van der Waals surface area contributed by atoms with Gasteiger partial charge in [-0.1, -0.05) is 0 Å². The van der Waals surface area contributed by atoms with E-state index in [1.54, 1.807) is 12.1 Å². The van der Waals surface area contributed by atoms with E-state index >= 15 is 0 Å². The predicted octanol–water partition coefficient (Wildman–Crippen LogP) is 3.02. The van der Waals surface area contributed by atoms with Gasteiger partial charge in [-0.15, -0.1) is 0 Å². The molecule has 2 aromatic carbocycles. The molecule has 0 aromatic heterocycles. The van der Waals surface area contributed by atoms with Crippen LogP contribution in [0.5, 0.6) is 34.5 Å². The lowest BCUT2D eigenvalue weighted by Gasteiger charge is -2.38. The van der Waals surface area contributed by atoms with Gasteiger partial charge in [0.05, 0.1) is 71.1 Å². The molecule has 0 saturated carbocycles. The third kappa shape index (κ3) is 6.28. The van der Waals surface area contributed by atoms with Gasteiger partial charge in [0, 0.05) is 23.0 Å². The molecule has 0 aliphatic heterocycles. The summed E-state index contributed by atoms with van der Waals surface area (Å²) < 4.78 is 54.5. The summed E-state index contributed by atoms with van der Waals surface area (Å²) in [6.07, 6.45) is -0.318. The number of benzene rings is 2. The summed E-state index contributed by atoms with van der Waals surface area (Å²) in [5, 5.41) is 0. The van der Waals surface area contributed by atoms with Gasteiger partial charge >= 0.3 is 23.9 Å². The smallest absolute Gasteiger partial charge is 0.320 e. The van der Waals surface area contributed by atoms with Crippen molar-refractivity contribution in [3.63, 3.8) is 0 Å². The summed E-state index contributed by atoms with van der Waals surface area (Å²) in [4.78, 5) is 52.0. The lowest BCUT2D eigenvalue weighted by molar-refractivity contribution is -0.161. The van der Waals surface area contributed by atoms with Gasteiger partial charge in [-0.25, -0.2) is 0 Å². The SMILES string of the molecule is COC(=O)C(C[C@@H]1c2cc(OC)c(OC)c(OC)c2[C@@H](CC(C(=O)OC)C(=O)OC)c2cc(OC)c(OC)c(OC)c21)C(=O)OC. The number of rotatable bonds is 14. The summed E-state index contributed by atoms with van der Waals surface area (Å²) in [6, 6.07) is 3.37. The molecule has 0 bridgehead atoms. The van der Waals surface area contributed by atoms with E-state index in [2.05, 4.69) is 0 Å². The summed E-state index contributed by atoms with van der Waals surface area (Å²) >= 11 is 0. The maximum Gasteiger partial charge on any atom is 0.320 e. The number of esters is 4. The quantitative estimate of drug-likeness (QED) is 0.167. The fourth-order valence-corrected chi connectivity index (χ4v) is 6.11. The Morgan fingerprint density at radius 2 is 0.761 bits per heavy atom. The maximum absolute atomic E-state index is 13.0. The lowest BCUT2D eigenvalue weighted by Crippen LogP contribution is -2.33. The molecular weight excluding hydrogens is 608 g/mol. The Bertz CT molecular complexity index is 1320. The van der Waals surface area contributed by atoms with Gasteiger partial charge in [0.2, 0.25) is 11.5 Å². The van der Waals surface area contributed by atoms with Crippen molar-refractivity contribution in [2.75, 3.05) is 71.1 Å². The van der Waals surface area contributed by atoms with Crippen molar-refractivity contribution in [3.05, 3.63) is 34.4 Å². The van der Waals surface area contributed by atoms with E-state index in [4.69, 9.17) is 47.4 Å². The van der Waals surface area contributed by atoms with Crippen LogP contribution in [0.25, 0.3) is 0 Å². The van der Waals surface area contributed by atoms with Crippen LogP contribution in [0.3, 0.4) is 0 Å². The molecule has 0 radical (unpaired) electrons. The van der Waals surface area contributed by atoms with E-state index in [1.165, 1.54) is 71.1 Å². The summed E-state index contributed by atoms with van der Waals surface area (Å²) in [5.74, 6) is -6.15. The first-order valence-electron chi connectivity index (χ1n) is 14.0. The van der Waals surface area contributed by atoms with E-state index in [1.807, 2.05) is 0 Å². The zero-order chi connectivity index (χ0) is 34.3. The Hall–Kier alpha value is -4.88. The fraction of sp³-hybridized carbons (Fsp3) is 0.500. The minimum absolute atomic E-state index is 0.159. The lowest BCUT2D eigenvalue weighted by atomic mass is 9.67. The van der Waals surface area contributed by atoms with Crippen molar-refractivity contribution in [1.29, 1.82) is 0 Å². The molecule has 1 aliphatic carbocycles. The zero-order valence-electron chi connectivity index (χ0n) is 27.6. The van der Waals surface area contributed by atoms with Crippen LogP contribution >= 0.6 is 0 Å². The van der Waals surface area contributed by atoms with E-state index in [0.29, 0.717) is 22.3 Å². The number of hydrogen-bond donors (Lipinski definition) is 0. The molecule has 46 heavy (non-hydrogen) atoms. The number of methoxy groups -OCH3 is 10. The number of hydrogen-bond acceptors (Lipinski definition) is 14. The molecule has 0 N–H and O–H groups in total. The van der Waals surface area contributed by atoms with Gasteiger partial charge < -0.3 is 47.4 Å². The van der Waals surface area contributed by atoms with Crippen molar-refractivity contribution in [2.24, 2.45) is 11.8 Å². The number of carbonyl (C=O) groups is 4. The Labute approximate surface area is 267 Å². The van der Waals surface area contributed by atoms with Crippen LogP contribution in [-0.2, 0) is 38.1 Å². The molecule has 2 atom stereocenters. The third-order valence-corrected chi connectivity index (χ3v) is 8.13. The molecule has 2 aromatic rings. The highest BCUT2D eigenvalue weighted by atomic mass is 16.6. The van der Waals surface area contributed by atoms with E-state index in [9.17, 15) is 19.2 Å². The normalized spacial score (nSPS) is 14.8. The standard InChI is InChI=1S/C32H40O14/c1-37-21-13-17-15(11-19(29(33)43-7)30(34)44-8)24-18(14-22(38-2)26(40-4)28(24)42-6)16(23(17)27(41-5)25(21)39-3)12-20(31(35)45-9)32(36)46-10/h13-16,19-20H,11-12H2,1-10H3/t15-,16+. The molecule has 3 rings (SSSR count). The van der Waals surface area contributed by atoms with Crippen LogP contribution in [0.4, 0.5) is 0 Å². The Balaban J connectivity index is 2.59. The summed E-state index contributed by atoms with van der Waals surface area (Å²) in [6.45, 7) is 0. The molecule has 0 spiro atoms. The molecule has 0 unspecified atom stereocenters. The van der Waals surface area contributed by atoms with Gasteiger partial charge in [0.1, 0.15) is 0 Å². The fourth-order valence-electron chi connectivity index (χ4n) is 6.11. The number of carbonyl (C=O) groups excluding carboxylic acids is 4. The first-order chi connectivity index (χ1) is 22.1. The Kier molecular flexibility index (Phi) is 11.9. The van der Waals surface area contributed by atoms with Gasteiger partial charge in [-0.05, 0) is 36.1 Å². The largest absolute Gasteiger partial charge is 0.493 e. The van der Waals surface area contributed by atoms with Crippen LogP contribution in [0.1, 0.15) is 46.9 Å². The molecule has 252 valence electrons. The monoisotopic (exact) mass is 648 g/mol. The maximum atomic E-state index is 13.0. The van der Waals surface area contributed by atoms with Crippen molar-refractivity contribution in [1.82, 2.24) is 0 Å². The number of fused-ring (bicyclic) bond motifs is 2. The highest BCUT2D eigenvalue weighted by Gasteiger charge is 2.46. The van der Waals surface area contributed by atoms with Crippen LogP contribution < -0.4 is 28.4 Å². The summed E-state index contributed by atoms with van der Waals surface area (Å²) in [7, 11) is 13.3. The predicted molar refractivity (Wildman–Crippen MR) is 160 cm³/mol. The Morgan fingerprint density at radius 3 is 0.978 bits per heavy atom. The molecule has 0 heterocycles. The average Bonchev–Trinajstić information content (AvgIpc) is 3.09. The topological polar surface area (TPSA) is 161 Å². The summed E-state index contributed by atoms with van der Waals surface area (Å²) in [5.41, 5.74) is 2.00. The molecule has 0 saturated heterocycles. The van der Waals surface area contributed by atoms with Gasteiger partial charge in [-0.3, -0.25) is 19.2 Å². The molecule has 1 aliphatic rings. The molecule has 0 amide bonds. The van der Waals surface area contributed by atoms with Crippen LogP contribution in [-0.4, -0.2) is 95.0 Å². The zero-order valence-corrected chi connectivity index (χ0v) is 27.6. The van der Waals surface area contributed by atoms with Crippen LogP contribution in [0.15, 0.2) is 12.1 Å². The second-order valence-electron chi connectivity index (χ2n) is 10.1. The highest BCUT2D eigenvalue weighted by Crippen LogP contribution is 2.60. The van der Waals surface area contributed by atoms with Crippen LogP contribution in [0.2, 0.25) is 0 Å². The molecule has 14 nitrogen and oxygen atoms in total. The van der Waals surface area contributed by atoms with Gasteiger partial charge in [-0.2, -0.15) is 0 Å². The number of ether oxygens (including phenoxy) is 10. The Morgan fingerprint density at radius 1 is 0.478 bits per heavy atom. The molecular formula is C32H40O14. The highest BCUT2D eigenvalue weighted by molar-refractivity contribution is 5.96. The third-order valence-electron chi connectivity index (χ3n) is 8.13. The second kappa shape index (κ2) is 15.4. The van der Waals surface area contributed by atoms with E-state index in [-0.39, 0.29) is 47.3 Å². The molecule has 14 heteroatoms. The van der Waals surface area contributed by atoms with Crippen molar-refractivity contribution in [2.45, 2.75) is 24.7 Å². The van der Waals surface area contributed by atoms with E-state index < -0.39 is 47.5 Å². The average molecular weight is 649 g/mol.